The molecule has 0 aromatic heterocycles. The van der Waals surface area contributed by atoms with E-state index in [1.54, 1.807) is 18.2 Å². The molecule has 1 atom stereocenters. The third kappa shape index (κ3) is 3.88. The van der Waals surface area contributed by atoms with E-state index in [1.165, 1.54) is 38.5 Å². The molecule has 2 N–H and O–H groups in total. The summed E-state index contributed by atoms with van der Waals surface area (Å²) in [4.78, 5) is 12.6. The Morgan fingerprint density at radius 1 is 1.25 bits per heavy atom. The molecule has 6 heteroatoms. The fourth-order valence-corrected chi connectivity index (χ4v) is 6.69. The summed E-state index contributed by atoms with van der Waals surface area (Å²) in [5, 5.41) is 7.07. The van der Waals surface area contributed by atoms with E-state index in [2.05, 4.69) is 17.6 Å². The fraction of sp³-hybridized carbons (Fsp3) is 0.636. The maximum absolute atomic E-state index is 12.6. The zero-order chi connectivity index (χ0) is 19.9. The van der Waals surface area contributed by atoms with E-state index in [1.807, 2.05) is 6.92 Å². The Hall–Kier alpha value is -1.33. The van der Waals surface area contributed by atoms with Gasteiger partial charge in [-0.3, -0.25) is 10.1 Å². The van der Waals surface area contributed by atoms with Crippen molar-refractivity contribution < 1.29 is 9.53 Å². The Labute approximate surface area is 177 Å². The summed E-state index contributed by atoms with van der Waals surface area (Å²) < 4.78 is 5.42. The molecule has 0 radical (unpaired) electrons. The van der Waals surface area contributed by atoms with E-state index in [4.69, 9.17) is 28.6 Å². The predicted octanol–water partition coefficient (Wildman–Crippen LogP) is 4.95. The standard InChI is InChI=1S/C22H29ClN2O2S/c1-3-27-19-5-4-17(9-18(19)23)20(26)25-21(28)24-13(2)22-10-14-6-15(11-22)8-16(7-14)12-22/h4-5,9,13-16H,3,6-8,10-12H2,1-2H3,(H2,24,25,26,28)/t13-,14?,15?,16?,22?/m1/s1. The average molecular weight is 421 g/mol. The van der Waals surface area contributed by atoms with Gasteiger partial charge in [0.15, 0.2) is 5.11 Å². The van der Waals surface area contributed by atoms with Crippen LogP contribution in [0.3, 0.4) is 0 Å². The van der Waals surface area contributed by atoms with Crippen molar-refractivity contribution in [2.24, 2.45) is 23.2 Å². The van der Waals surface area contributed by atoms with Crippen LogP contribution in [0.2, 0.25) is 5.02 Å². The Balaban J connectivity index is 1.36. The summed E-state index contributed by atoms with van der Waals surface area (Å²) in [5.74, 6) is 3.01. The number of carbonyl (C=O) groups is 1. The van der Waals surface area contributed by atoms with E-state index in [9.17, 15) is 4.79 Å². The molecule has 1 aromatic rings. The second kappa shape index (κ2) is 7.83. The van der Waals surface area contributed by atoms with Crippen molar-refractivity contribution in [3.05, 3.63) is 28.8 Å². The Morgan fingerprint density at radius 2 is 1.86 bits per heavy atom. The third-order valence-corrected chi connectivity index (χ3v) is 7.59. The van der Waals surface area contributed by atoms with Gasteiger partial charge in [-0.25, -0.2) is 0 Å². The number of nitrogens with one attached hydrogen (secondary N) is 2. The van der Waals surface area contributed by atoms with E-state index in [-0.39, 0.29) is 11.9 Å². The van der Waals surface area contributed by atoms with Crippen molar-refractivity contribution in [1.29, 1.82) is 0 Å². The highest BCUT2D eigenvalue weighted by atomic mass is 35.5. The van der Waals surface area contributed by atoms with Crippen molar-refractivity contribution in [3.8, 4) is 5.75 Å². The molecule has 1 amide bonds. The van der Waals surface area contributed by atoms with Crippen LogP contribution in [-0.4, -0.2) is 23.7 Å². The molecule has 0 aliphatic heterocycles. The van der Waals surface area contributed by atoms with Gasteiger partial charge in [-0.2, -0.15) is 0 Å². The van der Waals surface area contributed by atoms with Gasteiger partial charge in [0.1, 0.15) is 5.75 Å². The van der Waals surface area contributed by atoms with Crippen molar-refractivity contribution in [2.45, 2.75) is 58.4 Å². The molecule has 0 unspecified atom stereocenters. The van der Waals surface area contributed by atoms with Crippen LogP contribution in [0.15, 0.2) is 18.2 Å². The van der Waals surface area contributed by atoms with Crippen LogP contribution in [0, 0.1) is 23.2 Å². The van der Waals surface area contributed by atoms with Gasteiger partial charge in [0.2, 0.25) is 0 Å². The van der Waals surface area contributed by atoms with Gasteiger partial charge in [-0.05, 0) is 106 Å². The molecule has 4 nitrogen and oxygen atoms in total. The second-order valence-corrected chi connectivity index (χ2v) is 9.82. The molecule has 152 valence electrons. The van der Waals surface area contributed by atoms with Gasteiger partial charge < -0.3 is 10.1 Å². The smallest absolute Gasteiger partial charge is 0.257 e. The number of thiocarbonyl (C=S) groups is 1. The first kappa shape index (κ1) is 20.0. The maximum Gasteiger partial charge on any atom is 0.257 e. The minimum Gasteiger partial charge on any atom is -0.492 e. The zero-order valence-electron chi connectivity index (χ0n) is 16.6. The number of hydrogen-bond donors (Lipinski definition) is 2. The molecule has 4 saturated carbocycles. The molecular weight excluding hydrogens is 392 g/mol. The van der Waals surface area contributed by atoms with Crippen LogP contribution in [0.5, 0.6) is 5.75 Å². The van der Waals surface area contributed by atoms with Crippen LogP contribution in [0.4, 0.5) is 0 Å². The lowest BCUT2D eigenvalue weighted by Gasteiger charge is -2.59. The van der Waals surface area contributed by atoms with Crippen LogP contribution in [0.1, 0.15) is 62.7 Å². The molecule has 1 aromatic carbocycles. The summed E-state index contributed by atoms with van der Waals surface area (Å²) in [7, 11) is 0. The Morgan fingerprint density at radius 3 is 2.39 bits per heavy atom. The van der Waals surface area contributed by atoms with E-state index in [0.29, 0.717) is 33.5 Å². The summed E-state index contributed by atoms with van der Waals surface area (Å²) in [5.41, 5.74) is 0.812. The summed E-state index contributed by atoms with van der Waals surface area (Å²) in [6.45, 7) is 4.66. The first-order valence-corrected chi connectivity index (χ1v) is 11.2. The van der Waals surface area contributed by atoms with E-state index >= 15 is 0 Å². The number of amides is 1. The van der Waals surface area contributed by atoms with Crippen LogP contribution in [-0.2, 0) is 0 Å². The topological polar surface area (TPSA) is 50.4 Å². The second-order valence-electron chi connectivity index (χ2n) is 9.01. The minimum atomic E-state index is -0.250. The van der Waals surface area contributed by atoms with Gasteiger partial charge in [0.05, 0.1) is 11.6 Å². The highest BCUT2D eigenvalue weighted by Gasteiger charge is 2.53. The summed E-state index contributed by atoms with van der Waals surface area (Å²) in [6.07, 6.45) is 8.18. The normalized spacial score (nSPS) is 31.3. The minimum absolute atomic E-state index is 0.250. The lowest BCUT2D eigenvalue weighted by Crippen LogP contribution is -2.57. The van der Waals surface area contributed by atoms with Gasteiger partial charge in [0, 0.05) is 11.6 Å². The van der Waals surface area contributed by atoms with Crippen molar-refractivity contribution >= 4 is 34.8 Å². The third-order valence-electron chi connectivity index (χ3n) is 7.07. The quantitative estimate of drug-likeness (QED) is 0.662. The van der Waals surface area contributed by atoms with Crippen molar-refractivity contribution in [1.82, 2.24) is 10.6 Å². The van der Waals surface area contributed by atoms with Crippen molar-refractivity contribution in [2.75, 3.05) is 6.61 Å². The van der Waals surface area contributed by atoms with Crippen LogP contribution >= 0.6 is 23.8 Å². The molecule has 4 aliphatic carbocycles. The lowest BCUT2D eigenvalue weighted by atomic mass is 9.48. The number of hydrogen-bond acceptors (Lipinski definition) is 3. The lowest BCUT2D eigenvalue weighted by molar-refractivity contribution is -0.0672. The molecule has 5 rings (SSSR count). The number of benzene rings is 1. The molecule has 0 spiro atoms. The van der Waals surface area contributed by atoms with Gasteiger partial charge in [-0.15, -0.1) is 0 Å². The number of ether oxygens (including phenoxy) is 1. The van der Waals surface area contributed by atoms with Crippen molar-refractivity contribution in [3.63, 3.8) is 0 Å². The largest absolute Gasteiger partial charge is 0.492 e. The SMILES string of the molecule is CCOc1ccc(C(=O)NC(=S)N[C@H](C)C23CC4CC(CC(C4)C2)C3)cc1Cl. The Bertz CT molecular complexity index is 747. The molecule has 28 heavy (non-hydrogen) atoms. The molecule has 0 heterocycles. The fourth-order valence-electron chi connectivity index (χ4n) is 6.18. The monoisotopic (exact) mass is 420 g/mol. The van der Waals surface area contributed by atoms with Crippen LogP contribution in [0.25, 0.3) is 0 Å². The highest BCUT2D eigenvalue weighted by molar-refractivity contribution is 7.80. The molecule has 4 aliphatic rings. The number of carbonyl (C=O) groups excluding carboxylic acids is 1. The molecule has 4 bridgehead atoms. The number of halogens is 1. The zero-order valence-corrected chi connectivity index (χ0v) is 18.2. The molecule has 4 fully saturated rings. The maximum atomic E-state index is 12.6. The van der Waals surface area contributed by atoms with Gasteiger partial charge in [0.25, 0.3) is 5.91 Å². The first-order valence-electron chi connectivity index (χ1n) is 10.4. The molecular formula is C22H29ClN2O2S. The van der Waals surface area contributed by atoms with Gasteiger partial charge in [-0.1, -0.05) is 11.6 Å². The van der Waals surface area contributed by atoms with E-state index < -0.39 is 0 Å². The summed E-state index contributed by atoms with van der Waals surface area (Å²) in [6, 6.07) is 5.32. The number of rotatable bonds is 5. The van der Waals surface area contributed by atoms with E-state index in [0.717, 1.165) is 17.8 Å². The van der Waals surface area contributed by atoms with Gasteiger partial charge >= 0.3 is 0 Å². The Kier molecular flexibility index (Phi) is 5.58. The van der Waals surface area contributed by atoms with Crippen LogP contribution < -0.4 is 15.4 Å². The molecule has 0 saturated heterocycles. The highest BCUT2D eigenvalue weighted by Crippen LogP contribution is 2.61. The average Bonchev–Trinajstić information content (AvgIpc) is 2.62. The summed E-state index contributed by atoms with van der Waals surface area (Å²) >= 11 is 11.7. The predicted molar refractivity (Wildman–Crippen MR) is 116 cm³/mol. The first-order chi connectivity index (χ1) is 13.4.